The Bertz CT molecular complexity index is 344. The van der Waals surface area contributed by atoms with Gasteiger partial charge >= 0.3 is 0 Å². The van der Waals surface area contributed by atoms with Gasteiger partial charge in [0.1, 0.15) is 0 Å². The summed E-state index contributed by atoms with van der Waals surface area (Å²) in [5.41, 5.74) is 2.59. The zero-order chi connectivity index (χ0) is 12.1. The molecule has 4 heteroatoms. The van der Waals surface area contributed by atoms with Gasteiger partial charge in [-0.15, -0.1) is 0 Å². The molecule has 2 rings (SSSR count). The second-order valence-corrected chi connectivity index (χ2v) is 4.07. The van der Waals surface area contributed by atoms with Crippen molar-refractivity contribution in [3.8, 4) is 11.5 Å². The van der Waals surface area contributed by atoms with Gasteiger partial charge in [-0.2, -0.15) is 0 Å². The number of rotatable bonds is 6. The SMILES string of the molecule is CNCCc1cc2c(cc1CCOC)OCO2. The Kier molecular flexibility index (Phi) is 4.23. The molecule has 0 bridgehead atoms. The van der Waals surface area contributed by atoms with Gasteiger partial charge in [-0.3, -0.25) is 0 Å². The molecule has 1 heterocycles. The lowest BCUT2D eigenvalue weighted by Gasteiger charge is -2.10. The molecular weight excluding hydrogens is 218 g/mol. The average Bonchev–Trinajstić information content (AvgIpc) is 2.80. The second-order valence-electron chi connectivity index (χ2n) is 4.07. The number of benzene rings is 1. The van der Waals surface area contributed by atoms with Gasteiger partial charge in [-0.25, -0.2) is 0 Å². The molecule has 0 saturated carbocycles. The van der Waals surface area contributed by atoms with Gasteiger partial charge < -0.3 is 19.5 Å². The molecule has 1 aromatic rings. The quantitative estimate of drug-likeness (QED) is 0.811. The van der Waals surface area contributed by atoms with Crippen LogP contribution < -0.4 is 14.8 Å². The first kappa shape index (κ1) is 12.2. The Morgan fingerprint density at radius 3 is 2.41 bits per heavy atom. The zero-order valence-electron chi connectivity index (χ0n) is 10.4. The van der Waals surface area contributed by atoms with Crippen molar-refractivity contribution in [3.05, 3.63) is 23.3 Å². The number of ether oxygens (including phenoxy) is 3. The van der Waals surface area contributed by atoms with Crippen molar-refractivity contribution in [2.75, 3.05) is 34.1 Å². The summed E-state index contributed by atoms with van der Waals surface area (Å²) in [7, 11) is 3.68. The molecule has 94 valence electrons. The second kappa shape index (κ2) is 5.89. The van der Waals surface area contributed by atoms with Crippen LogP contribution in [0.2, 0.25) is 0 Å². The molecule has 0 atom stereocenters. The number of nitrogens with one attached hydrogen (secondary N) is 1. The largest absolute Gasteiger partial charge is 0.454 e. The lowest BCUT2D eigenvalue weighted by Crippen LogP contribution is -2.12. The Hall–Kier alpha value is -1.26. The summed E-state index contributed by atoms with van der Waals surface area (Å²) in [6, 6.07) is 4.16. The highest BCUT2D eigenvalue weighted by molar-refractivity contribution is 5.49. The monoisotopic (exact) mass is 237 g/mol. The molecule has 1 aliphatic rings. The summed E-state index contributed by atoms with van der Waals surface area (Å²) in [6.07, 6.45) is 1.90. The molecule has 1 aliphatic heterocycles. The minimum Gasteiger partial charge on any atom is -0.454 e. The molecule has 0 spiro atoms. The minimum atomic E-state index is 0.328. The molecule has 0 aromatic heterocycles. The Balaban J connectivity index is 2.19. The van der Waals surface area contributed by atoms with E-state index in [2.05, 4.69) is 17.4 Å². The number of likely N-dealkylation sites (N-methyl/N-ethyl adjacent to an activating group) is 1. The molecule has 1 aromatic carbocycles. The van der Waals surface area contributed by atoms with E-state index in [1.54, 1.807) is 7.11 Å². The van der Waals surface area contributed by atoms with Crippen molar-refractivity contribution >= 4 is 0 Å². The Morgan fingerprint density at radius 2 is 1.82 bits per heavy atom. The maximum Gasteiger partial charge on any atom is 0.231 e. The van der Waals surface area contributed by atoms with E-state index in [-0.39, 0.29) is 0 Å². The highest BCUT2D eigenvalue weighted by Gasteiger charge is 2.16. The molecule has 4 nitrogen and oxygen atoms in total. The van der Waals surface area contributed by atoms with Gasteiger partial charge in [-0.05, 0) is 49.7 Å². The van der Waals surface area contributed by atoms with Gasteiger partial charge in [0, 0.05) is 7.11 Å². The van der Waals surface area contributed by atoms with Crippen molar-refractivity contribution in [2.45, 2.75) is 12.8 Å². The van der Waals surface area contributed by atoms with Crippen LogP contribution in [0, 0.1) is 0 Å². The van der Waals surface area contributed by atoms with E-state index in [0.717, 1.165) is 37.5 Å². The zero-order valence-corrected chi connectivity index (χ0v) is 10.4. The topological polar surface area (TPSA) is 39.7 Å². The fourth-order valence-corrected chi connectivity index (χ4v) is 1.96. The number of methoxy groups -OCH3 is 1. The molecule has 0 unspecified atom stereocenters. The summed E-state index contributed by atoms with van der Waals surface area (Å²) in [4.78, 5) is 0. The predicted molar refractivity (Wildman–Crippen MR) is 65.8 cm³/mol. The number of fused-ring (bicyclic) bond motifs is 1. The maximum absolute atomic E-state index is 5.40. The number of hydrogen-bond donors (Lipinski definition) is 1. The van der Waals surface area contributed by atoms with Gasteiger partial charge in [0.15, 0.2) is 11.5 Å². The third-order valence-corrected chi connectivity index (χ3v) is 2.91. The summed E-state index contributed by atoms with van der Waals surface area (Å²) >= 11 is 0. The average molecular weight is 237 g/mol. The van der Waals surface area contributed by atoms with Gasteiger partial charge in [0.05, 0.1) is 6.61 Å². The summed E-state index contributed by atoms with van der Waals surface area (Å²) < 4.78 is 15.9. The smallest absolute Gasteiger partial charge is 0.231 e. The Morgan fingerprint density at radius 1 is 1.18 bits per heavy atom. The maximum atomic E-state index is 5.40. The normalized spacial score (nSPS) is 13.1. The molecule has 17 heavy (non-hydrogen) atoms. The molecule has 0 radical (unpaired) electrons. The van der Waals surface area contributed by atoms with E-state index < -0.39 is 0 Å². The molecular formula is C13H19NO3. The van der Waals surface area contributed by atoms with Crippen molar-refractivity contribution < 1.29 is 14.2 Å². The van der Waals surface area contributed by atoms with E-state index >= 15 is 0 Å². The standard InChI is InChI=1S/C13H19NO3/c1-14-5-3-10-7-12-13(17-9-16-12)8-11(10)4-6-15-2/h7-8,14H,3-6,9H2,1-2H3. The molecule has 0 fully saturated rings. The van der Waals surface area contributed by atoms with E-state index in [1.807, 2.05) is 7.05 Å². The lowest BCUT2D eigenvalue weighted by atomic mass is 10.0. The predicted octanol–water partition coefficient (Wildman–Crippen LogP) is 1.37. The molecule has 0 aliphatic carbocycles. The molecule has 0 amide bonds. The van der Waals surface area contributed by atoms with Crippen LogP contribution in [0.3, 0.4) is 0 Å². The first-order valence-corrected chi connectivity index (χ1v) is 5.90. The third-order valence-electron chi connectivity index (χ3n) is 2.91. The highest BCUT2D eigenvalue weighted by Crippen LogP contribution is 2.35. The fraction of sp³-hybridized carbons (Fsp3) is 0.538. The molecule has 0 saturated heterocycles. The van der Waals surface area contributed by atoms with Gasteiger partial charge in [0.2, 0.25) is 6.79 Å². The fourth-order valence-electron chi connectivity index (χ4n) is 1.96. The van der Waals surface area contributed by atoms with E-state index in [9.17, 15) is 0 Å². The van der Waals surface area contributed by atoms with Crippen LogP contribution >= 0.6 is 0 Å². The Labute approximate surface area is 102 Å². The van der Waals surface area contributed by atoms with Crippen LogP contribution in [0.5, 0.6) is 11.5 Å². The first-order chi connectivity index (χ1) is 8.35. The summed E-state index contributed by atoms with van der Waals surface area (Å²) in [6.45, 7) is 2.01. The van der Waals surface area contributed by atoms with E-state index in [1.165, 1.54) is 11.1 Å². The first-order valence-electron chi connectivity index (χ1n) is 5.90. The van der Waals surface area contributed by atoms with Crippen molar-refractivity contribution in [1.82, 2.24) is 5.32 Å². The van der Waals surface area contributed by atoms with Crippen LogP contribution in [0.15, 0.2) is 12.1 Å². The van der Waals surface area contributed by atoms with Crippen molar-refractivity contribution in [3.63, 3.8) is 0 Å². The number of hydrogen-bond acceptors (Lipinski definition) is 4. The van der Waals surface area contributed by atoms with Crippen LogP contribution in [0.25, 0.3) is 0 Å². The van der Waals surface area contributed by atoms with Gasteiger partial charge in [-0.1, -0.05) is 0 Å². The minimum absolute atomic E-state index is 0.328. The van der Waals surface area contributed by atoms with Crippen LogP contribution in [-0.2, 0) is 17.6 Å². The van der Waals surface area contributed by atoms with E-state index in [0.29, 0.717) is 6.79 Å². The molecule has 1 N–H and O–H groups in total. The highest BCUT2D eigenvalue weighted by atomic mass is 16.7. The van der Waals surface area contributed by atoms with E-state index in [4.69, 9.17) is 14.2 Å². The van der Waals surface area contributed by atoms with Gasteiger partial charge in [0.25, 0.3) is 0 Å². The van der Waals surface area contributed by atoms with Crippen LogP contribution in [-0.4, -0.2) is 34.1 Å². The van der Waals surface area contributed by atoms with Crippen LogP contribution in [0.4, 0.5) is 0 Å². The lowest BCUT2D eigenvalue weighted by molar-refractivity contribution is 0.174. The van der Waals surface area contributed by atoms with Crippen molar-refractivity contribution in [1.29, 1.82) is 0 Å². The summed E-state index contributed by atoms with van der Waals surface area (Å²) in [5.74, 6) is 1.71. The third kappa shape index (κ3) is 2.90. The van der Waals surface area contributed by atoms with Crippen LogP contribution in [0.1, 0.15) is 11.1 Å². The van der Waals surface area contributed by atoms with Crippen molar-refractivity contribution in [2.24, 2.45) is 0 Å². The summed E-state index contributed by atoms with van der Waals surface area (Å²) in [5, 5.41) is 3.16.